The van der Waals surface area contributed by atoms with Gasteiger partial charge in [-0.25, -0.2) is 4.98 Å². The number of nitrogens with one attached hydrogen (secondary N) is 1. The van der Waals surface area contributed by atoms with Gasteiger partial charge >= 0.3 is 0 Å². The maximum Gasteiger partial charge on any atom is 0.108 e. The summed E-state index contributed by atoms with van der Waals surface area (Å²) in [4.78, 5) is 4.44. The molecule has 0 aliphatic rings. The molecular formula is C13H25N3. The molecule has 3 nitrogen and oxygen atoms in total. The highest BCUT2D eigenvalue weighted by molar-refractivity contribution is 4.95. The molecule has 1 aromatic heterocycles. The van der Waals surface area contributed by atoms with Crippen LogP contribution in [-0.2, 0) is 6.42 Å². The fraction of sp³-hybridized carbons (Fsp3) is 0.769. The van der Waals surface area contributed by atoms with Crippen molar-refractivity contribution in [2.75, 3.05) is 13.1 Å². The van der Waals surface area contributed by atoms with E-state index in [1.807, 2.05) is 6.20 Å². The number of rotatable bonds is 8. The minimum Gasteiger partial charge on any atom is -0.331 e. The Bertz CT molecular complexity index is 280. The summed E-state index contributed by atoms with van der Waals surface area (Å²) in [5.41, 5.74) is 0. The highest BCUT2D eigenvalue weighted by Crippen LogP contribution is 2.14. The molecule has 1 unspecified atom stereocenters. The third-order valence-corrected chi connectivity index (χ3v) is 2.89. The highest BCUT2D eigenvalue weighted by Gasteiger charge is 2.11. The van der Waals surface area contributed by atoms with Gasteiger partial charge in [-0.15, -0.1) is 0 Å². The maximum atomic E-state index is 4.44. The quantitative estimate of drug-likeness (QED) is 0.687. The third kappa shape index (κ3) is 3.63. The Labute approximate surface area is 99.3 Å². The Kier molecular flexibility index (Phi) is 6.16. The van der Waals surface area contributed by atoms with E-state index in [-0.39, 0.29) is 0 Å². The number of aryl methyl sites for hydroxylation is 1. The summed E-state index contributed by atoms with van der Waals surface area (Å²) in [5, 5.41) is 3.50. The van der Waals surface area contributed by atoms with E-state index in [0.29, 0.717) is 6.04 Å². The van der Waals surface area contributed by atoms with Crippen LogP contribution in [0, 0.1) is 0 Å². The van der Waals surface area contributed by atoms with E-state index in [1.165, 1.54) is 12.2 Å². The van der Waals surface area contributed by atoms with Crippen LogP contribution in [0.1, 0.15) is 51.9 Å². The Morgan fingerprint density at radius 1 is 1.31 bits per heavy atom. The van der Waals surface area contributed by atoms with Gasteiger partial charge in [-0.05, 0) is 25.8 Å². The first-order chi connectivity index (χ1) is 7.83. The first-order valence-corrected chi connectivity index (χ1v) is 6.55. The van der Waals surface area contributed by atoms with Crippen LogP contribution in [0.2, 0.25) is 0 Å². The van der Waals surface area contributed by atoms with E-state index >= 15 is 0 Å². The molecule has 1 aromatic rings. The van der Waals surface area contributed by atoms with Crippen LogP contribution >= 0.6 is 0 Å². The molecule has 0 spiro atoms. The number of imidazole rings is 1. The zero-order valence-corrected chi connectivity index (χ0v) is 10.9. The van der Waals surface area contributed by atoms with Crippen molar-refractivity contribution < 1.29 is 0 Å². The highest BCUT2D eigenvalue weighted by atomic mass is 15.1. The summed E-state index contributed by atoms with van der Waals surface area (Å²) in [6.45, 7) is 8.81. The van der Waals surface area contributed by atoms with E-state index in [1.54, 1.807) is 0 Å². The standard InChI is InChI=1S/C13H25N3/c1-4-7-13-15-9-10-16(13)12(6-3)11-14-8-5-2/h9-10,12,14H,4-8,11H2,1-3H3. The molecule has 0 radical (unpaired) electrons. The zero-order chi connectivity index (χ0) is 11.8. The number of hydrogen-bond acceptors (Lipinski definition) is 2. The lowest BCUT2D eigenvalue weighted by Crippen LogP contribution is -2.26. The molecule has 1 atom stereocenters. The summed E-state index contributed by atoms with van der Waals surface area (Å²) in [7, 11) is 0. The van der Waals surface area contributed by atoms with Crippen LogP contribution in [-0.4, -0.2) is 22.6 Å². The van der Waals surface area contributed by atoms with Crippen LogP contribution in [0.4, 0.5) is 0 Å². The summed E-state index contributed by atoms with van der Waals surface area (Å²) in [6, 6.07) is 0.551. The first-order valence-electron chi connectivity index (χ1n) is 6.55. The predicted molar refractivity (Wildman–Crippen MR) is 68.7 cm³/mol. The van der Waals surface area contributed by atoms with E-state index in [2.05, 4.69) is 41.8 Å². The van der Waals surface area contributed by atoms with Gasteiger partial charge in [0.25, 0.3) is 0 Å². The Hall–Kier alpha value is -0.830. The Balaban J connectivity index is 2.59. The van der Waals surface area contributed by atoms with Crippen LogP contribution in [0.5, 0.6) is 0 Å². The van der Waals surface area contributed by atoms with Crippen LogP contribution in [0.15, 0.2) is 12.4 Å². The van der Waals surface area contributed by atoms with Crippen LogP contribution < -0.4 is 5.32 Å². The summed E-state index contributed by atoms with van der Waals surface area (Å²) < 4.78 is 2.34. The van der Waals surface area contributed by atoms with Crippen molar-refractivity contribution in [3.63, 3.8) is 0 Å². The summed E-state index contributed by atoms with van der Waals surface area (Å²) in [6.07, 6.45) is 8.64. The lowest BCUT2D eigenvalue weighted by molar-refractivity contribution is 0.434. The third-order valence-electron chi connectivity index (χ3n) is 2.89. The minimum absolute atomic E-state index is 0.551. The molecule has 0 aliphatic carbocycles. The van der Waals surface area contributed by atoms with Crippen LogP contribution in [0.25, 0.3) is 0 Å². The lowest BCUT2D eigenvalue weighted by Gasteiger charge is -2.19. The van der Waals surface area contributed by atoms with Gasteiger partial charge in [-0.1, -0.05) is 20.8 Å². The number of aromatic nitrogens is 2. The number of nitrogens with zero attached hydrogens (tertiary/aromatic N) is 2. The molecule has 1 N–H and O–H groups in total. The molecule has 92 valence electrons. The molecular weight excluding hydrogens is 198 g/mol. The number of hydrogen-bond donors (Lipinski definition) is 1. The van der Waals surface area contributed by atoms with Gasteiger partial charge in [0.2, 0.25) is 0 Å². The molecule has 1 rings (SSSR count). The topological polar surface area (TPSA) is 29.9 Å². The molecule has 0 aromatic carbocycles. The lowest BCUT2D eigenvalue weighted by atomic mass is 10.2. The fourth-order valence-corrected chi connectivity index (χ4v) is 1.98. The van der Waals surface area contributed by atoms with Gasteiger partial charge in [0.1, 0.15) is 5.82 Å². The molecule has 0 bridgehead atoms. The molecule has 1 heterocycles. The minimum atomic E-state index is 0.551. The van der Waals surface area contributed by atoms with Crippen molar-refractivity contribution in [3.05, 3.63) is 18.2 Å². The van der Waals surface area contributed by atoms with Gasteiger partial charge < -0.3 is 9.88 Å². The van der Waals surface area contributed by atoms with Crippen molar-refractivity contribution in [2.24, 2.45) is 0 Å². The predicted octanol–water partition coefficient (Wildman–Crippen LogP) is 2.79. The zero-order valence-electron chi connectivity index (χ0n) is 10.9. The second-order valence-electron chi connectivity index (χ2n) is 4.27. The SMILES string of the molecule is CCCNCC(CC)n1ccnc1CCC. The summed E-state index contributed by atoms with van der Waals surface area (Å²) >= 11 is 0. The van der Waals surface area contributed by atoms with Crippen molar-refractivity contribution in [1.82, 2.24) is 14.9 Å². The molecule has 0 saturated heterocycles. The first kappa shape index (κ1) is 13.2. The van der Waals surface area contributed by atoms with Crippen molar-refractivity contribution in [2.45, 2.75) is 52.5 Å². The molecule has 0 amide bonds. The van der Waals surface area contributed by atoms with Crippen molar-refractivity contribution in [3.8, 4) is 0 Å². The van der Waals surface area contributed by atoms with E-state index in [4.69, 9.17) is 0 Å². The van der Waals surface area contributed by atoms with Gasteiger partial charge in [-0.2, -0.15) is 0 Å². The van der Waals surface area contributed by atoms with E-state index < -0.39 is 0 Å². The molecule has 16 heavy (non-hydrogen) atoms. The molecule has 0 fully saturated rings. The van der Waals surface area contributed by atoms with Gasteiger partial charge in [0.05, 0.1) is 0 Å². The van der Waals surface area contributed by atoms with Crippen LogP contribution in [0.3, 0.4) is 0 Å². The average Bonchev–Trinajstić information content (AvgIpc) is 2.73. The summed E-state index contributed by atoms with van der Waals surface area (Å²) in [5.74, 6) is 1.23. The smallest absolute Gasteiger partial charge is 0.108 e. The molecule has 3 heteroatoms. The van der Waals surface area contributed by atoms with Crippen molar-refractivity contribution >= 4 is 0 Å². The average molecular weight is 223 g/mol. The maximum absolute atomic E-state index is 4.44. The van der Waals surface area contributed by atoms with Gasteiger partial charge in [0, 0.05) is 31.4 Å². The van der Waals surface area contributed by atoms with Crippen molar-refractivity contribution in [1.29, 1.82) is 0 Å². The largest absolute Gasteiger partial charge is 0.331 e. The fourth-order valence-electron chi connectivity index (χ4n) is 1.98. The molecule has 0 aliphatic heterocycles. The Morgan fingerprint density at radius 2 is 2.12 bits per heavy atom. The molecule has 0 saturated carbocycles. The normalized spacial score (nSPS) is 12.9. The Morgan fingerprint density at radius 3 is 2.75 bits per heavy atom. The van der Waals surface area contributed by atoms with E-state index in [0.717, 1.165) is 32.4 Å². The second kappa shape index (κ2) is 7.44. The van der Waals surface area contributed by atoms with E-state index in [9.17, 15) is 0 Å². The van der Waals surface area contributed by atoms with Gasteiger partial charge in [0.15, 0.2) is 0 Å². The second-order valence-corrected chi connectivity index (χ2v) is 4.27. The monoisotopic (exact) mass is 223 g/mol. The van der Waals surface area contributed by atoms with Gasteiger partial charge in [-0.3, -0.25) is 0 Å².